The third-order valence-corrected chi connectivity index (χ3v) is 7.76. The van der Waals surface area contributed by atoms with E-state index in [1.165, 1.54) is 0 Å². The fourth-order valence-electron chi connectivity index (χ4n) is 5.79. The van der Waals surface area contributed by atoms with Gasteiger partial charge < -0.3 is 19.5 Å². The number of β-amino-alcohol motifs (C(OH)–C–C–N with tert-alkyl or cyclic N) is 1. The number of piperidine rings is 1. The van der Waals surface area contributed by atoms with Gasteiger partial charge in [-0.2, -0.15) is 0 Å². The summed E-state index contributed by atoms with van der Waals surface area (Å²) in [5.41, 5.74) is 0.662. The summed E-state index contributed by atoms with van der Waals surface area (Å²) in [4.78, 5) is 16.9. The second-order valence-electron chi connectivity index (χ2n) is 9.67. The maximum atomic E-state index is 12.9. The number of fused-ring (bicyclic) bond motifs is 1. The standard InChI is InChI=1S/C28H36N2O4/c1-4-16-30-17-15-27(23-11-8-12-25(18-23)33-3)19-24(13-14-28(27,32)21-30)29(2)26(31)34-20-22-9-6-5-7-10-22/h4-12,18,24,32H,1,13-17,19-21H2,2-3H3/t24-,27+,28+/m1/s1. The number of nitrogens with zero attached hydrogens (tertiary/aromatic N) is 2. The van der Waals surface area contributed by atoms with Crippen LogP contribution in [0.3, 0.4) is 0 Å². The summed E-state index contributed by atoms with van der Waals surface area (Å²) in [5, 5.41) is 12.1. The molecule has 0 radical (unpaired) electrons. The quantitative estimate of drug-likeness (QED) is 0.617. The number of amides is 1. The van der Waals surface area contributed by atoms with Crippen molar-refractivity contribution in [3.05, 3.63) is 78.4 Å². The number of carbonyl (C=O) groups excluding carboxylic acids is 1. The van der Waals surface area contributed by atoms with Crippen LogP contribution in [0.1, 0.15) is 36.8 Å². The van der Waals surface area contributed by atoms with E-state index >= 15 is 0 Å². The number of aliphatic hydroxyl groups is 1. The second kappa shape index (κ2) is 10.2. The third kappa shape index (κ3) is 4.70. The van der Waals surface area contributed by atoms with E-state index in [-0.39, 0.29) is 18.7 Å². The molecule has 1 aliphatic heterocycles. The molecule has 2 aromatic rings. The van der Waals surface area contributed by atoms with E-state index in [2.05, 4.69) is 17.5 Å². The molecule has 34 heavy (non-hydrogen) atoms. The lowest BCUT2D eigenvalue weighted by Gasteiger charge is -2.58. The summed E-state index contributed by atoms with van der Waals surface area (Å²) < 4.78 is 11.1. The van der Waals surface area contributed by atoms with Gasteiger partial charge >= 0.3 is 6.09 Å². The number of likely N-dealkylation sites (tertiary alicyclic amines) is 1. The fourth-order valence-corrected chi connectivity index (χ4v) is 5.79. The first-order valence-electron chi connectivity index (χ1n) is 12.0. The molecule has 0 bridgehead atoms. The van der Waals surface area contributed by atoms with Crippen molar-refractivity contribution < 1.29 is 19.4 Å². The molecular formula is C28H36N2O4. The van der Waals surface area contributed by atoms with E-state index in [1.807, 2.05) is 61.7 Å². The van der Waals surface area contributed by atoms with Gasteiger partial charge in [-0.25, -0.2) is 4.79 Å². The number of benzene rings is 2. The van der Waals surface area contributed by atoms with E-state index in [1.54, 1.807) is 12.0 Å². The zero-order chi connectivity index (χ0) is 24.2. The van der Waals surface area contributed by atoms with Crippen LogP contribution in [0.15, 0.2) is 67.3 Å². The van der Waals surface area contributed by atoms with Gasteiger partial charge in [-0.05, 0) is 55.5 Å². The maximum absolute atomic E-state index is 12.9. The first-order chi connectivity index (χ1) is 16.4. The van der Waals surface area contributed by atoms with Gasteiger partial charge in [-0.3, -0.25) is 4.90 Å². The average Bonchev–Trinajstić information content (AvgIpc) is 2.87. The normalized spacial score (nSPS) is 26.9. The van der Waals surface area contributed by atoms with E-state index in [0.717, 1.165) is 42.8 Å². The molecule has 1 amide bonds. The van der Waals surface area contributed by atoms with Gasteiger partial charge in [0.2, 0.25) is 0 Å². The van der Waals surface area contributed by atoms with E-state index in [4.69, 9.17) is 9.47 Å². The maximum Gasteiger partial charge on any atom is 0.410 e. The molecule has 3 atom stereocenters. The average molecular weight is 465 g/mol. The molecule has 1 saturated carbocycles. The highest BCUT2D eigenvalue weighted by atomic mass is 16.6. The van der Waals surface area contributed by atoms with Gasteiger partial charge in [0.05, 0.1) is 12.7 Å². The number of hydrogen-bond acceptors (Lipinski definition) is 5. The van der Waals surface area contributed by atoms with Gasteiger partial charge in [0, 0.05) is 31.6 Å². The highest BCUT2D eigenvalue weighted by Gasteiger charge is 2.58. The van der Waals surface area contributed by atoms with Crippen LogP contribution in [0, 0.1) is 0 Å². The SMILES string of the molecule is C=CCN1CC[C@@]2(c3cccc(OC)c3)C[C@H](N(C)C(=O)OCc3ccccc3)CC[C@]2(O)C1. The zero-order valence-corrected chi connectivity index (χ0v) is 20.3. The Labute approximate surface area is 202 Å². The molecule has 1 aliphatic carbocycles. The molecule has 1 N–H and O–H groups in total. The third-order valence-electron chi connectivity index (χ3n) is 7.76. The Morgan fingerprint density at radius 2 is 2.03 bits per heavy atom. The smallest absolute Gasteiger partial charge is 0.410 e. The minimum atomic E-state index is -0.897. The molecule has 1 heterocycles. The minimum absolute atomic E-state index is 0.0271. The Balaban J connectivity index is 1.57. The molecule has 0 spiro atoms. The minimum Gasteiger partial charge on any atom is -0.497 e. The molecule has 2 aromatic carbocycles. The lowest BCUT2D eigenvalue weighted by Crippen LogP contribution is -2.67. The molecule has 0 unspecified atom stereocenters. The molecule has 2 fully saturated rings. The molecule has 6 nitrogen and oxygen atoms in total. The highest BCUT2D eigenvalue weighted by molar-refractivity contribution is 5.67. The van der Waals surface area contributed by atoms with Crippen molar-refractivity contribution in [2.75, 3.05) is 33.8 Å². The Morgan fingerprint density at radius 1 is 1.24 bits per heavy atom. The van der Waals surface area contributed by atoms with Crippen molar-refractivity contribution >= 4 is 6.09 Å². The van der Waals surface area contributed by atoms with Crippen LogP contribution in [0.4, 0.5) is 4.79 Å². The summed E-state index contributed by atoms with van der Waals surface area (Å²) in [6, 6.07) is 17.7. The first-order valence-corrected chi connectivity index (χ1v) is 12.0. The van der Waals surface area contributed by atoms with Crippen molar-refractivity contribution in [1.29, 1.82) is 0 Å². The van der Waals surface area contributed by atoms with Crippen LogP contribution in [-0.4, -0.2) is 66.4 Å². The highest BCUT2D eigenvalue weighted by Crippen LogP contribution is 2.52. The lowest BCUT2D eigenvalue weighted by atomic mass is 9.55. The van der Waals surface area contributed by atoms with Crippen LogP contribution >= 0.6 is 0 Å². The predicted octanol–water partition coefficient (Wildman–Crippen LogP) is 4.38. The second-order valence-corrected chi connectivity index (χ2v) is 9.67. The Kier molecular flexibility index (Phi) is 7.29. The van der Waals surface area contributed by atoms with Crippen molar-refractivity contribution in [2.45, 2.75) is 49.3 Å². The van der Waals surface area contributed by atoms with Crippen LogP contribution in [-0.2, 0) is 16.8 Å². The van der Waals surface area contributed by atoms with Crippen LogP contribution in [0.25, 0.3) is 0 Å². The van der Waals surface area contributed by atoms with E-state index in [0.29, 0.717) is 19.4 Å². The molecule has 2 aliphatic rings. The summed E-state index contributed by atoms with van der Waals surface area (Å²) in [6.45, 7) is 6.33. The van der Waals surface area contributed by atoms with Gasteiger partial charge in [-0.15, -0.1) is 6.58 Å². The summed E-state index contributed by atoms with van der Waals surface area (Å²) in [5.74, 6) is 0.778. The number of methoxy groups -OCH3 is 1. The summed E-state index contributed by atoms with van der Waals surface area (Å²) >= 11 is 0. The number of ether oxygens (including phenoxy) is 2. The van der Waals surface area contributed by atoms with Crippen molar-refractivity contribution in [3.8, 4) is 5.75 Å². The predicted molar refractivity (Wildman–Crippen MR) is 133 cm³/mol. The Bertz CT molecular complexity index is 997. The molecule has 6 heteroatoms. The van der Waals surface area contributed by atoms with Crippen LogP contribution < -0.4 is 4.74 Å². The topological polar surface area (TPSA) is 62.2 Å². The Hall–Kier alpha value is -2.83. The molecule has 1 saturated heterocycles. The van der Waals surface area contributed by atoms with Crippen LogP contribution in [0.5, 0.6) is 5.75 Å². The van der Waals surface area contributed by atoms with E-state index in [9.17, 15) is 9.90 Å². The van der Waals surface area contributed by atoms with Gasteiger partial charge in [0.15, 0.2) is 0 Å². The van der Waals surface area contributed by atoms with Crippen molar-refractivity contribution in [1.82, 2.24) is 9.80 Å². The molecular weight excluding hydrogens is 428 g/mol. The first kappa shape index (κ1) is 24.3. The fraction of sp³-hybridized carbons (Fsp3) is 0.464. The number of hydrogen-bond donors (Lipinski definition) is 1. The Morgan fingerprint density at radius 3 is 2.76 bits per heavy atom. The number of carbonyl (C=O) groups is 1. The number of rotatable bonds is 7. The van der Waals surface area contributed by atoms with Gasteiger partial charge in [0.25, 0.3) is 0 Å². The van der Waals surface area contributed by atoms with E-state index < -0.39 is 11.0 Å². The molecule has 182 valence electrons. The summed E-state index contributed by atoms with van der Waals surface area (Å²) in [6.07, 6.45) is 4.37. The molecule has 0 aromatic heterocycles. The van der Waals surface area contributed by atoms with Gasteiger partial charge in [0.1, 0.15) is 12.4 Å². The van der Waals surface area contributed by atoms with Crippen molar-refractivity contribution in [2.24, 2.45) is 0 Å². The molecule has 4 rings (SSSR count). The van der Waals surface area contributed by atoms with Crippen molar-refractivity contribution in [3.63, 3.8) is 0 Å². The van der Waals surface area contributed by atoms with Gasteiger partial charge in [-0.1, -0.05) is 48.5 Å². The largest absolute Gasteiger partial charge is 0.497 e. The zero-order valence-electron chi connectivity index (χ0n) is 20.3. The lowest BCUT2D eigenvalue weighted by molar-refractivity contribution is -0.130. The summed E-state index contributed by atoms with van der Waals surface area (Å²) in [7, 11) is 3.48. The monoisotopic (exact) mass is 464 g/mol. The van der Waals surface area contributed by atoms with Crippen LogP contribution in [0.2, 0.25) is 0 Å².